The molecule has 1 fully saturated rings. The van der Waals surface area contributed by atoms with Gasteiger partial charge in [0.05, 0.1) is 13.7 Å². The molecule has 0 bridgehead atoms. The standard InChI is InChI=1S/C25H26FN3O3S/c1-32-25(31)23-21(19-7-3-2-4-8-19)17-33-24(23)27-22(30)16-29-12-10-28(11-13-29)15-18-6-5-9-20(26)14-18/h2-9,14,17H,10-13,15-16H2,1H3,(H,27,30). The third-order valence-electron chi connectivity index (χ3n) is 5.65. The van der Waals surface area contributed by atoms with Gasteiger partial charge in [-0.1, -0.05) is 42.5 Å². The van der Waals surface area contributed by atoms with Crippen molar-refractivity contribution in [2.75, 3.05) is 45.2 Å². The van der Waals surface area contributed by atoms with E-state index in [1.807, 2.05) is 41.8 Å². The van der Waals surface area contributed by atoms with Crippen LogP contribution in [0.5, 0.6) is 0 Å². The van der Waals surface area contributed by atoms with Crippen molar-refractivity contribution in [3.8, 4) is 11.1 Å². The molecule has 1 aliphatic rings. The highest BCUT2D eigenvalue weighted by molar-refractivity contribution is 7.15. The van der Waals surface area contributed by atoms with Crippen molar-refractivity contribution in [1.82, 2.24) is 9.80 Å². The number of halogens is 1. The second-order valence-electron chi connectivity index (χ2n) is 7.94. The van der Waals surface area contributed by atoms with E-state index in [2.05, 4.69) is 15.1 Å². The molecule has 1 amide bonds. The number of esters is 1. The first kappa shape index (κ1) is 23.1. The summed E-state index contributed by atoms with van der Waals surface area (Å²) in [6.07, 6.45) is 0. The first-order valence-electron chi connectivity index (χ1n) is 10.8. The number of benzene rings is 2. The van der Waals surface area contributed by atoms with Gasteiger partial charge in [0.2, 0.25) is 5.91 Å². The average molecular weight is 468 g/mol. The molecule has 2 aromatic carbocycles. The fraction of sp³-hybridized carbons (Fsp3) is 0.280. The lowest BCUT2D eigenvalue weighted by atomic mass is 10.0. The second kappa shape index (κ2) is 10.7. The van der Waals surface area contributed by atoms with E-state index in [0.29, 0.717) is 17.1 Å². The Balaban J connectivity index is 1.35. The van der Waals surface area contributed by atoms with Gasteiger partial charge in [0.1, 0.15) is 16.4 Å². The number of amides is 1. The van der Waals surface area contributed by atoms with Crippen molar-refractivity contribution < 1.29 is 18.7 Å². The van der Waals surface area contributed by atoms with Crippen LogP contribution in [0, 0.1) is 5.82 Å². The van der Waals surface area contributed by atoms with E-state index in [1.54, 1.807) is 12.1 Å². The predicted octanol–water partition coefficient (Wildman–Crippen LogP) is 4.10. The minimum absolute atomic E-state index is 0.166. The lowest BCUT2D eigenvalue weighted by molar-refractivity contribution is -0.117. The molecule has 0 saturated carbocycles. The van der Waals surface area contributed by atoms with Crippen molar-refractivity contribution in [1.29, 1.82) is 0 Å². The van der Waals surface area contributed by atoms with Crippen molar-refractivity contribution in [3.05, 3.63) is 76.9 Å². The van der Waals surface area contributed by atoms with E-state index in [1.165, 1.54) is 24.5 Å². The minimum Gasteiger partial charge on any atom is -0.465 e. The summed E-state index contributed by atoms with van der Waals surface area (Å²) in [6, 6.07) is 16.2. The number of nitrogens with one attached hydrogen (secondary N) is 1. The summed E-state index contributed by atoms with van der Waals surface area (Å²) in [7, 11) is 1.34. The fourth-order valence-corrected chi connectivity index (χ4v) is 4.93. The highest BCUT2D eigenvalue weighted by Gasteiger charge is 2.24. The molecule has 1 aliphatic heterocycles. The normalized spacial score (nSPS) is 14.7. The zero-order valence-corrected chi connectivity index (χ0v) is 19.2. The number of carbonyl (C=O) groups excluding carboxylic acids is 2. The molecule has 1 saturated heterocycles. The molecule has 8 heteroatoms. The fourth-order valence-electron chi connectivity index (χ4n) is 3.95. The lowest BCUT2D eigenvalue weighted by Crippen LogP contribution is -2.48. The molecular formula is C25H26FN3O3S. The Labute approximate surface area is 196 Å². The molecule has 0 unspecified atom stereocenters. The number of methoxy groups -OCH3 is 1. The zero-order valence-electron chi connectivity index (χ0n) is 18.4. The van der Waals surface area contributed by atoms with Crippen LogP contribution >= 0.6 is 11.3 Å². The topological polar surface area (TPSA) is 61.9 Å². The Morgan fingerprint density at radius 3 is 2.45 bits per heavy atom. The van der Waals surface area contributed by atoms with Gasteiger partial charge in [0.15, 0.2) is 0 Å². The molecule has 2 heterocycles. The molecule has 0 radical (unpaired) electrons. The van der Waals surface area contributed by atoms with Crippen LogP contribution < -0.4 is 5.32 Å². The monoisotopic (exact) mass is 467 g/mol. The average Bonchev–Trinajstić information content (AvgIpc) is 3.24. The van der Waals surface area contributed by atoms with Crippen LogP contribution in [-0.4, -0.2) is 61.5 Å². The van der Waals surface area contributed by atoms with Gasteiger partial charge < -0.3 is 10.1 Å². The van der Waals surface area contributed by atoms with Crippen molar-refractivity contribution in [2.45, 2.75) is 6.54 Å². The van der Waals surface area contributed by atoms with Crippen molar-refractivity contribution in [3.63, 3.8) is 0 Å². The van der Waals surface area contributed by atoms with E-state index in [9.17, 15) is 14.0 Å². The van der Waals surface area contributed by atoms with Crippen LogP contribution in [0.15, 0.2) is 60.0 Å². The highest BCUT2D eigenvalue weighted by Crippen LogP contribution is 2.36. The Morgan fingerprint density at radius 2 is 1.76 bits per heavy atom. The van der Waals surface area contributed by atoms with Crippen LogP contribution in [0.25, 0.3) is 11.1 Å². The van der Waals surface area contributed by atoms with Gasteiger partial charge in [-0.2, -0.15) is 0 Å². The Morgan fingerprint density at radius 1 is 1.03 bits per heavy atom. The van der Waals surface area contributed by atoms with Gasteiger partial charge in [-0.25, -0.2) is 9.18 Å². The molecule has 1 N–H and O–H groups in total. The van der Waals surface area contributed by atoms with E-state index >= 15 is 0 Å². The third-order valence-corrected chi connectivity index (χ3v) is 6.54. The number of hydrogen-bond acceptors (Lipinski definition) is 6. The van der Waals surface area contributed by atoms with E-state index in [0.717, 1.165) is 42.9 Å². The molecule has 0 spiro atoms. The molecule has 4 rings (SSSR count). The number of anilines is 1. The van der Waals surface area contributed by atoms with Gasteiger partial charge in [0.25, 0.3) is 0 Å². The number of ether oxygens (including phenoxy) is 1. The maximum atomic E-state index is 13.4. The summed E-state index contributed by atoms with van der Waals surface area (Å²) in [6.45, 7) is 4.02. The van der Waals surface area contributed by atoms with Crippen molar-refractivity contribution >= 4 is 28.2 Å². The van der Waals surface area contributed by atoms with Crippen molar-refractivity contribution in [2.24, 2.45) is 0 Å². The first-order chi connectivity index (χ1) is 16.0. The molecule has 6 nitrogen and oxygen atoms in total. The second-order valence-corrected chi connectivity index (χ2v) is 8.82. The zero-order chi connectivity index (χ0) is 23.2. The first-order valence-corrected chi connectivity index (χ1v) is 11.7. The molecule has 1 aromatic heterocycles. The summed E-state index contributed by atoms with van der Waals surface area (Å²) in [4.78, 5) is 29.5. The molecule has 172 valence electrons. The number of carbonyl (C=O) groups is 2. The van der Waals surface area contributed by atoms with E-state index < -0.39 is 5.97 Å². The van der Waals surface area contributed by atoms with Crippen LogP contribution in [-0.2, 0) is 16.1 Å². The van der Waals surface area contributed by atoms with E-state index in [4.69, 9.17) is 4.74 Å². The van der Waals surface area contributed by atoms with Crippen LogP contribution in [0.4, 0.5) is 9.39 Å². The van der Waals surface area contributed by atoms with Gasteiger partial charge in [-0.05, 0) is 23.3 Å². The Kier molecular flexibility index (Phi) is 7.49. The molecule has 0 aliphatic carbocycles. The maximum Gasteiger partial charge on any atom is 0.341 e. The van der Waals surface area contributed by atoms with Crippen LogP contribution in [0.2, 0.25) is 0 Å². The minimum atomic E-state index is -0.476. The SMILES string of the molecule is COC(=O)c1c(-c2ccccc2)csc1NC(=O)CN1CCN(Cc2cccc(F)c2)CC1. The smallest absolute Gasteiger partial charge is 0.341 e. The predicted molar refractivity (Wildman–Crippen MR) is 128 cm³/mol. The van der Waals surface area contributed by atoms with Crippen LogP contribution in [0.1, 0.15) is 15.9 Å². The largest absolute Gasteiger partial charge is 0.465 e. The number of hydrogen-bond donors (Lipinski definition) is 1. The number of nitrogens with zero attached hydrogens (tertiary/aromatic N) is 2. The lowest BCUT2D eigenvalue weighted by Gasteiger charge is -2.34. The number of rotatable bonds is 7. The maximum absolute atomic E-state index is 13.4. The number of thiophene rings is 1. The van der Waals surface area contributed by atoms with Crippen LogP contribution in [0.3, 0.4) is 0 Å². The summed E-state index contributed by atoms with van der Waals surface area (Å²) >= 11 is 1.32. The van der Waals surface area contributed by atoms with Gasteiger partial charge in [0, 0.05) is 43.7 Å². The summed E-state index contributed by atoms with van der Waals surface area (Å²) in [5.74, 6) is -0.866. The van der Waals surface area contributed by atoms with Gasteiger partial charge in [-0.15, -0.1) is 11.3 Å². The quantitative estimate of drug-likeness (QED) is 0.530. The van der Waals surface area contributed by atoms with Gasteiger partial charge in [-0.3, -0.25) is 14.6 Å². The molecule has 33 heavy (non-hydrogen) atoms. The molecule has 0 atom stereocenters. The Bertz CT molecular complexity index is 1110. The summed E-state index contributed by atoms with van der Waals surface area (Å²) < 4.78 is 18.4. The third kappa shape index (κ3) is 5.84. The van der Waals surface area contributed by atoms with E-state index in [-0.39, 0.29) is 18.3 Å². The highest BCUT2D eigenvalue weighted by atomic mass is 32.1. The molecule has 3 aromatic rings. The summed E-state index contributed by atoms with van der Waals surface area (Å²) in [5, 5.41) is 5.26. The molecular weight excluding hydrogens is 441 g/mol. The van der Waals surface area contributed by atoms with Gasteiger partial charge >= 0.3 is 5.97 Å². The summed E-state index contributed by atoms with van der Waals surface area (Å²) in [5.41, 5.74) is 2.96. The number of piperazine rings is 1. The Hall–Kier alpha value is -3.07.